The lowest BCUT2D eigenvalue weighted by Crippen LogP contribution is -2.42. The molecule has 3 aromatic rings. The third kappa shape index (κ3) is 5.05. The van der Waals surface area contributed by atoms with Crippen LogP contribution >= 0.6 is 23.4 Å². The molecule has 4 heterocycles. The number of carbonyl (C=O) groups excluding carboxylic acids is 1. The molecule has 202 valence electrons. The summed E-state index contributed by atoms with van der Waals surface area (Å²) >= 11 is 7.79. The number of nitrogen functional groups attached to an aromatic ring is 1. The molecule has 4 N–H and O–H groups in total. The Hall–Kier alpha value is -2.93. The maximum absolute atomic E-state index is 13.0. The Balaban J connectivity index is 1.44. The van der Waals surface area contributed by atoms with Crippen LogP contribution in [0.5, 0.6) is 0 Å². The highest BCUT2D eigenvalue weighted by Crippen LogP contribution is 2.43. The number of aromatic nitrogens is 4. The number of nitrogens with zero attached hydrogens (tertiary/aromatic N) is 5. The van der Waals surface area contributed by atoms with Crippen molar-refractivity contribution in [2.24, 2.45) is 11.1 Å². The van der Waals surface area contributed by atoms with Crippen molar-refractivity contribution in [2.75, 3.05) is 44.0 Å². The van der Waals surface area contributed by atoms with E-state index in [9.17, 15) is 9.59 Å². The Kier molecular flexibility index (Phi) is 7.49. The van der Waals surface area contributed by atoms with E-state index in [4.69, 9.17) is 32.5 Å². The fourth-order valence-electron chi connectivity index (χ4n) is 5.19. The number of amides is 1. The van der Waals surface area contributed by atoms with Crippen molar-refractivity contribution in [3.63, 3.8) is 0 Å². The first-order valence-electron chi connectivity index (χ1n) is 12.4. The zero-order chi connectivity index (χ0) is 27.0. The first-order valence-corrected chi connectivity index (χ1v) is 13.6. The summed E-state index contributed by atoms with van der Waals surface area (Å²) in [6, 6.07) is 3.44. The number of rotatable bonds is 7. The van der Waals surface area contributed by atoms with E-state index in [1.807, 2.05) is 4.90 Å². The van der Waals surface area contributed by atoms with E-state index in [0.717, 1.165) is 37.6 Å². The number of piperidine rings is 1. The molecule has 13 heteroatoms. The number of hydrogen-bond acceptors (Lipinski definition) is 10. The fourth-order valence-corrected chi connectivity index (χ4v) is 6.37. The number of carbonyl (C=O) groups is 1. The van der Waals surface area contributed by atoms with Gasteiger partial charge in [-0.05, 0) is 43.7 Å². The van der Waals surface area contributed by atoms with Gasteiger partial charge in [0.1, 0.15) is 5.03 Å². The van der Waals surface area contributed by atoms with E-state index in [-0.39, 0.29) is 44.0 Å². The van der Waals surface area contributed by atoms with Gasteiger partial charge in [0, 0.05) is 25.1 Å². The molecule has 1 amide bonds. The van der Waals surface area contributed by atoms with Crippen LogP contribution in [-0.4, -0.2) is 64.9 Å². The Morgan fingerprint density at radius 1 is 1.32 bits per heavy atom. The van der Waals surface area contributed by atoms with Crippen LogP contribution in [0.1, 0.15) is 36.7 Å². The van der Waals surface area contributed by atoms with Gasteiger partial charge in [-0.25, -0.2) is 15.0 Å². The highest BCUT2D eigenvalue weighted by Gasteiger charge is 2.41. The molecule has 2 fully saturated rings. The molecule has 0 aliphatic carbocycles. The number of benzene rings is 1. The minimum atomic E-state index is -0.692. The minimum absolute atomic E-state index is 0.0502. The molecule has 5 rings (SSSR count). The van der Waals surface area contributed by atoms with Crippen molar-refractivity contribution >= 4 is 51.8 Å². The molecule has 0 saturated carbocycles. The first-order chi connectivity index (χ1) is 18.2. The van der Waals surface area contributed by atoms with Gasteiger partial charge in [0.2, 0.25) is 0 Å². The fraction of sp³-hybridized carbons (Fsp3) is 0.480. The van der Waals surface area contributed by atoms with Gasteiger partial charge in [0.25, 0.3) is 11.5 Å². The van der Waals surface area contributed by atoms with Crippen molar-refractivity contribution in [3.8, 4) is 0 Å². The van der Waals surface area contributed by atoms with Gasteiger partial charge in [-0.1, -0.05) is 23.4 Å². The summed E-state index contributed by atoms with van der Waals surface area (Å²) in [4.78, 5) is 41.4. The smallest absolute Gasteiger partial charge is 0.271 e. The quantitative estimate of drug-likeness (QED) is 0.442. The van der Waals surface area contributed by atoms with Gasteiger partial charge in [-0.3, -0.25) is 14.2 Å². The maximum atomic E-state index is 13.0. The number of primary amides is 1. The lowest BCUT2D eigenvalue weighted by atomic mass is 9.77. The number of hydrogen-bond donors (Lipinski definition) is 2. The highest BCUT2D eigenvalue weighted by atomic mass is 35.5. The lowest BCUT2D eigenvalue weighted by molar-refractivity contribution is 0.0970. The van der Waals surface area contributed by atoms with Crippen molar-refractivity contribution in [3.05, 3.63) is 39.5 Å². The summed E-state index contributed by atoms with van der Waals surface area (Å²) in [5, 5.41) is 0.775. The summed E-state index contributed by atoms with van der Waals surface area (Å²) < 4.78 is 12.3. The van der Waals surface area contributed by atoms with Crippen LogP contribution in [-0.2, 0) is 16.0 Å². The predicted octanol–water partition coefficient (Wildman–Crippen LogP) is 2.71. The van der Waals surface area contributed by atoms with Crippen LogP contribution in [0, 0.1) is 5.41 Å². The van der Waals surface area contributed by atoms with E-state index < -0.39 is 5.91 Å². The molecule has 11 nitrogen and oxygen atoms in total. The molecule has 2 aliphatic rings. The monoisotopic (exact) mass is 559 g/mol. The molecule has 0 unspecified atom stereocenters. The van der Waals surface area contributed by atoms with Crippen molar-refractivity contribution in [1.82, 2.24) is 19.5 Å². The zero-order valence-corrected chi connectivity index (χ0v) is 22.8. The first kappa shape index (κ1) is 26.7. The largest absolute Gasteiger partial charge is 0.383 e. The molecule has 2 saturated heterocycles. The molecule has 1 spiro atoms. The van der Waals surface area contributed by atoms with E-state index in [1.54, 1.807) is 19.2 Å². The molecule has 0 bridgehead atoms. The third-order valence-corrected chi connectivity index (χ3v) is 8.82. The molecule has 0 radical (unpaired) electrons. The second-order valence-electron chi connectivity index (χ2n) is 9.87. The van der Waals surface area contributed by atoms with E-state index in [1.165, 1.54) is 10.9 Å². The average Bonchev–Trinajstić information content (AvgIpc) is 3.25. The van der Waals surface area contributed by atoms with Crippen LogP contribution in [0.3, 0.4) is 0 Å². The minimum Gasteiger partial charge on any atom is -0.383 e. The Morgan fingerprint density at radius 3 is 2.74 bits per heavy atom. The normalized spacial score (nSPS) is 18.9. The number of nitrogens with two attached hydrogens (primary N) is 2. The second-order valence-corrected chi connectivity index (χ2v) is 11.3. The molecule has 38 heavy (non-hydrogen) atoms. The molecule has 1 aromatic carbocycles. The summed E-state index contributed by atoms with van der Waals surface area (Å²) in [5.41, 5.74) is 12.4. The Morgan fingerprint density at radius 2 is 2.08 bits per heavy atom. The van der Waals surface area contributed by atoms with Gasteiger partial charge < -0.3 is 25.8 Å². The van der Waals surface area contributed by atoms with Crippen LogP contribution in [0.15, 0.2) is 33.2 Å². The zero-order valence-electron chi connectivity index (χ0n) is 21.3. The molecule has 2 aliphatic heterocycles. The van der Waals surface area contributed by atoms with Gasteiger partial charge in [0.05, 0.1) is 48.1 Å². The van der Waals surface area contributed by atoms with E-state index in [0.29, 0.717) is 42.5 Å². The van der Waals surface area contributed by atoms with Crippen LogP contribution < -0.4 is 21.9 Å². The number of fused-ring (bicyclic) bond motifs is 1. The van der Waals surface area contributed by atoms with Crippen molar-refractivity contribution < 1.29 is 14.3 Å². The average molecular weight is 560 g/mol. The predicted molar refractivity (Wildman–Crippen MR) is 146 cm³/mol. The summed E-state index contributed by atoms with van der Waals surface area (Å²) in [5.74, 6) is -0.161. The standard InChI is InChI=1S/C25H30ClN7O4S/c1-14-11-25(12-37-14)5-7-32(8-6-25)22-19(21(28)34)30-23(20(27)31-22)38-16-4-3-15-17(18(16)26)24(35)33(13-29-15)9-10-36-2/h3-4,13-14H,5-12H2,1-2H3,(H2,27,31)(H2,28,34)/t14-/m0/s1. The van der Waals surface area contributed by atoms with Crippen molar-refractivity contribution in [1.29, 1.82) is 0 Å². The van der Waals surface area contributed by atoms with E-state index in [2.05, 4.69) is 21.9 Å². The third-order valence-electron chi connectivity index (χ3n) is 7.26. The number of methoxy groups -OCH3 is 1. The molecular formula is C25H30ClN7O4S. The van der Waals surface area contributed by atoms with Gasteiger partial charge in [-0.15, -0.1) is 0 Å². The second kappa shape index (κ2) is 10.7. The van der Waals surface area contributed by atoms with Crippen molar-refractivity contribution in [2.45, 2.75) is 48.8 Å². The summed E-state index contributed by atoms with van der Waals surface area (Å²) in [7, 11) is 1.56. The van der Waals surface area contributed by atoms with Gasteiger partial charge >= 0.3 is 0 Å². The van der Waals surface area contributed by atoms with Crippen LogP contribution in [0.25, 0.3) is 10.9 Å². The van der Waals surface area contributed by atoms with Crippen LogP contribution in [0.4, 0.5) is 11.6 Å². The Labute approximate surface area is 228 Å². The molecule has 2 aromatic heterocycles. The number of ether oxygens (including phenoxy) is 2. The maximum Gasteiger partial charge on any atom is 0.271 e. The topological polar surface area (TPSA) is 151 Å². The van der Waals surface area contributed by atoms with Crippen LogP contribution in [0.2, 0.25) is 5.02 Å². The number of anilines is 2. The summed E-state index contributed by atoms with van der Waals surface area (Å²) in [6.45, 7) is 4.97. The highest BCUT2D eigenvalue weighted by molar-refractivity contribution is 7.99. The lowest BCUT2D eigenvalue weighted by Gasteiger charge is -2.39. The van der Waals surface area contributed by atoms with Gasteiger partial charge in [-0.2, -0.15) is 0 Å². The summed E-state index contributed by atoms with van der Waals surface area (Å²) in [6.07, 6.45) is 4.62. The van der Waals surface area contributed by atoms with Gasteiger partial charge in [0.15, 0.2) is 17.3 Å². The van der Waals surface area contributed by atoms with E-state index >= 15 is 0 Å². The number of halogens is 1. The molecule has 1 atom stereocenters. The molecular weight excluding hydrogens is 530 g/mol. The Bertz CT molecular complexity index is 1440. The SMILES string of the molecule is COCCn1cnc2ccc(Sc3nc(C(N)=O)c(N4CCC5(CC4)CO[C@@H](C)C5)nc3N)c(Cl)c2c1=O.